The number of carbonyl (C=O) groups excluding carboxylic acids is 2. The molecule has 1 saturated carbocycles. The number of nitrogens with one attached hydrogen (secondary N) is 1. The zero-order valence-electron chi connectivity index (χ0n) is 14.7. The first kappa shape index (κ1) is 18.4. The Morgan fingerprint density at radius 1 is 1.31 bits per heavy atom. The maximum absolute atomic E-state index is 12.2. The minimum absolute atomic E-state index is 0.0494. The van der Waals surface area contributed by atoms with Crippen molar-refractivity contribution in [2.75, 3.05) is 12.3 Å². The van der Waals surface area contributed by atoms with Crippen LogP contribution in [0.5, 0.6) is 0 Å². The van der Waals surface area contributed by atoms with E-state index < -0.39 is 5.91 Å². The van der Waals surface area contributed by atoms with Gasteiger partial charge in [-0.1, -0.05) is 49.0 Å². The van der Waals surface area contributed by atoms with Crippen LogP contribution in [0.2, 0.25) is 0 Å². The number of rotatable bonds is 9. The lowest BCUT2D eigenvalue weighted by molar-refractivity contribution is -0.119. The Bertz CT molecular complexity index is 773. The molecule has 26 heavy (non-hydrogen) atoms. The van der Waals surface area contributed by atoms with Crippen molar-refractivity contribution in [3.8, 4) is 0 Å². The summed E-state index contributed by atoms with van der Waals surface area (Å²) in [5.41, 5.74) is 6.52. The van der Waals surface area contributed by atoms with Gasteiger partial charge in [-0.25, -0.2) is 0 Å². The molecular formula is C18H23N5O2S. The van der Waals surface area contributed by atoms with Gasteiger partial charge in [0.15, 0.2) is 5.16 Å². The molecule has 1 aromatic heterocycles. The first-order valence-electron chi connectivity index (χ1n) is 8.70. The van der Waals surface area contributed by atoms with Gasteiger partial charge in [0.25, 0.3) is 0 Å². The van der Waals surface area contributed by atoms with E-state index in [4.69, 9.17) is 5.73 Å². The molecule has 0 unspecified atom stereocenters. The van der Waals surface area contributed by atoms with Gasteiger partial charge in [0.05, 0.1) is 5.75 Å². The summed E-state index contributed by atoms with van der Waals surface area (Å²) in [7, 11) is 0. The van der Waals surface area contributed by atoms with Crippen LogP contribution in [0.1, 0.15) is 43.0 Å². The number of primary amides is 1. The number of amides is 2. The molecule has 0 bridgehead atoms. The van der Waals surface area contributed by atoms with Gasteiger partial charge in [-0.05, 0) is 24.3 Å². The number of carbonyl (C=O) groups is 2. The number of thioether (sulfide) groups is 1. The Balaban J connectivity index is 1.52. The van der Waals surface area contributed by atoms with Gasteiger partial charge < -0.3 is 11.1 Å². The molecule has 2 aromatic rings. The molecule has 3 N–H and O–H groups in total. The van der Waals surface area contributed by atoms with E-state index in [2.05, 4.69) is 34.6 Å². The predicted octanol–water partition coefficient (Wildman–Crippen LogP) is 1.65. The molecule has 1 aliphatic rings. The van der Waals surface area contributed by atoms with E-state index in [1.54, 1.807) is 4.57 Å². The van der Waals surface area contributed by atoms with Crippen LogP contribution in [0.3, 0.4) is 0 Å². The summed E-state index contributed by atoms with van der Waals surface area (Å²) in [6.07, 6.45) is 2.11. The third kappa shape index (κ3) is 4.85. The van der Waals surface area contributed by atoms with Crippen molar-refractivity contribution in [1.29, 1.82) is 0 Å². The van der Waals surface area contributed by atoms with Crippen molar-refractivity contribution >= 4 is 23.6 Å². The highest BCUT2D eigenvalue weighted by atomic mass is 32.2. The van der Waals surface area contributed by atoms with Gasteiger partial charge in [-0.2, -0.15) is 0 Å². The second kappa shape index (κ2) is 8.35. The number of nitrogens with two attached hydrogens (primary N) is 1. The second-order valence-electron chi connectivity index (χ2n) is 6.57. The van der Waals surface area contributed by atoms with Crippen molar-refractivity contribution in [1.82, 2.24) is 20.1 Å². The molecule has 1 atom stereocenters. The highest BCUT2D eigenvalue weighted by molar-refractivity contribution is 7.99. The second-order valence-corrected chi connectivity index (χ2v) is 7.51. The first-order valence-corrected chi connectivity index (χ1v) is 9.69. The van der Waals surface area contributed by atoms with Gasteiger partial charge in [0, 0.05) is 12.5 Å². The predicted molar refractivity (Wildman–Crippen MR) is 99.8 cm³/mol. The van der Waals surface area contributed by atoms with Crippen LogP contribution >= 0.6 is 11.8 Å². The summed E-state index contributed by atoms with van der Waals surface area (Å²) in [4.78, 5) is 23.5. The fraction of sp³-hybridized carbons (Fsp3) is 0.444. The van der Waals surface area contributed by atoms with Crippen molar-refractivity contribution in [3.05, 3.63) is 41.7 Å². The van der Waals surface area contributed by atoms with Gasteiger partial charge in [-0.15, -0.1) is 10.2 Å². The Labute approximate surface area is 156 Å². The van der Waals surface area contributed by atoms with Gasteiger partial charge >= 0.3 is 0 Å². The molecule has 0 spiro atoms. The molecule has 1 aromatic carbocycles. The van der Waals surface area contributed by atoms with Crippen molar-refractivity contribution in [2.24, 2.45) is 5.73 Å². The molecule has 0 aliphatic heterocycles. The molecular weight excluding hydrogens is 350 g/mol. The quantitative estimate of drug-likeness (QED) is 0.651. The van der Waals surface area contributed by atoms with Crippen molar-refractivity contribution < 1.29 is 9.59 Å². The number of benzene rings is 1. The van der Waals surface area contributed by atoms with Crippen LogP contribution < -0.4 is 11.1 Å². The largest absolute Gasteiger partial charge is 0.368 e. The van der Waals surface area contributed by atoms with E-state index in [0.29, 0.717) is 17.6 Å². The van der Waals surface area contributed by atoms with Crippen LogP contribution in [-0.4, -0.2) is 38.9 Å². The zero-order chi connectivity index (χ0) is 18.5. The van der Waals surface area contributed by atoms with Crippen LogP contribution in [0, 0.1) is 0 Å². The fourth-order valence-electron chi connectivity index (χ4n) is 2.70. The summed E-state index contributed by atoms with van der Waals surface area (Å²) in [6.45, 7) is 2.70. The van der Waals surface area contributed by atoms with E-state index in [9.17, 15) is 9.59 Å². The minimum Gasteiger partial charge on any atom is -0.368 e. The number of hydrogen-bond acceptors (Lipinski definition) is 5. The van der Waals surface area contributed by atoms with Crippen molar-refractivity contribution in [2.45, 2.75) is 43.3 Å². The van der Waals surface area contributed by atoms with E-state index in [1.807, 2.05) is 18.2 Å². The molecule has 0 saturated heterocycles. The Hall–Kier alpha value is -2.35. The van der Waals surface area contributed by atoms with Gasteiger partial charge in [0.2, 0.25) is 11.8 Å². The molecule has 1 fully saturated rings. The van der Waals surface area contributed by atoms with Crippen LogP contribution in [0.25, 0.3) is 0 Å². The lowest BCUT2D eigenvalue weighted by Crippen LogP contribution is -2.29. The molecule has 7 nitrogen and oxygen atoms in total. The Morgan fingerprint density at radius 2 is 2.04 bits per heavy atom. The molecule has 1 heterocycles. The zero-order valence-corrected chi connectivity index (χ0v) is 15.5. The van der Waals surface area contributed by atoms with E-state index in [-0.39, 0.29) is 24.1 Å². The molecule has 8 heteroatoms. The standard InChI is InChI=1S/C18H23N5O2S/c1-12(13-5-3-2-4-6-13)9-20-16(25)11-26-18-22-21-17(14-7-8-14)23(18)10-15(19)24/h2-6,12,14H,7-11H2,1H3,(H2,19,24)(H,20,25)/t12-/m0/s1. The highest BCUT2D eigenvalue weighted by Crippen LogP contribution is 2.39. The summed E-state index contributed by atoms with van der Waals surface area (Å²) in [5, 5.41) is 11.8. The summed E-state index contributed by atoms with van der Waals surface area (Å²) >= 11 is 1.28. The van der Waals surface area contributed by atoms with Gasteiger partial charge in [0.1, 0.15) is 12.4 Å². The summed E-state index contributed by atoms with van der Waals surface area (Å²) < 4.78 is 1.74. The van der Waals surface area contributed by atoms with Crippen LogP contribution in [0.4, 0.5) is 0 Å². The molecule has 0 radical (unpaired) electrons. The highest BCUT2D eigenvalue weighted by Gasteiger charge is 2.31. The maximum atomic E-state index is 12.2. The lowest BCUT2D eigenvalue weighted by Gasteiger charge is -2.13. The average Bonchev–Trinajstić information content (AvgIpc) is 3.40. The summed E-state index contributed by atoms with van der Waals surface area (Å²) in [5.74, 6) is 1.11. The number of aromatic nitrogens is 3. The molecule has 2 amide bonds. The molecule has 1 aliphatic carbocycles. The first-order chi connectivity index (χ1) is 12.5. The van der Waals surface area contributed by atoms with E-state index >= 15 is 0 Å². The average molecular weight is 373 g/mol. The minimum atomic E-state index is -0.435. The fourth-order valence-corrected chi connectivity index (χ4v) is 3.48. The Morgan fingerprint density at radius 3 is 2.69 bits per heavy atom. The van der Waals surface area contributed by atoms with Crippen LogP contribution in [0.15, 0.2) is 35.5 Å². The normalized spacial score (nSPS) is 14.8. The van der Waals surface area contributed by atoms with Gasteiger partial charge in [-0.3, -0.25) is 14.2 Å². The lowest BCUT2D eigenvalue weighted by atomic mass is 10.0. The maximum Gasteiger partial charge on any atom is 0.237 e. The number of nitrogens with zero attached hydrogens (tertiary/aromatic N) is 3. The van der Waals surface area contributed by atoms with Crippen LogP contribution in [-0.2, 0) is 16.1 Å². The third-order valence-corrected chi connectivity index (χ3v) is 5.28. The monoisotopic (exact) mass is 373 g/mol. The van der Waals surface area contributed by atoms with Crippen molar-refractivity contribution in [3.63, 3.8) is 0 Å². The number of hydrogen-bond donors (Lipinski definition) is 2. The third-order valence-electron chi connectivity index (χ3n) is 4.31. The topological polar surface area (TPSA) is 103 Å². The van der Waals surface area contributed by atoms with E-state index in [0.717, 1.165) is 18.7 Å². The summed E-state index contributed by atoms with van der Waals surface area (Å²) in [6, 6.07) is 10.1. The smallest absolute Gasteiger partial charge is 0.237 e. The molecule has 3 rings (SSSR count). The van der Waals surface area contributed by atoms with E-state index in [1.165, 1.54) is 17.3 Å². The molecule has 138 valence electrons. The SMILES string of the molecule is C[C@@H](CNC(=O)CSc1nnc(C2CC2)n1CC(N)=O)c1ccccc1. The Kier molecular flexibility index (Phi) is 5.92.